The van der Waals surface area contributed by atoms with Crippen LogP contribution in [-0.4, -0.2) is 6.54 Å². The molecular formula is C15H15ClF3N. The molecule has 1 aromatic carbocycles. The van der Waals surface area contributed by atoms with Gasteiger partial charge in [0.15, 0.2) is 0 Å². The number of rotatable bonds is 1. The number of halogens is 4. The van der Waals surface area contributed by atoms with Crippen LogP contribution in [0.1, 0.15) is 37.7 Å². The highest BCUT2D eigenvalue weighted by atomic mass is 35.5. The van der Waals surface area contributed by atoms with E-state index in [-0.39, 0.29) is 5.69 Å². The van der Waals surface area contributed by atoms with Gasteiger partial charge in [0.1, 0.15) is 0 Å². The summed E-state index contributed by atoms with van der Waals surface area (Å²) in [5.74, 6) is 0. The van der Waals surface area contributed by atoms with Crippen LogP contribution in [0.4, 0.5) is 18.9 Å². The fourth-order valence-corrected chi connectivity index (χ4v) is 3.37. The molecule has 3 rings (SSSR count). The van der Waals surface area contributed by atoms with E-state index in [0.29, 0.717) is 11.6 Å². The lowest BCUT2D eigenvalue weighted by Gasteiger charge is -2.33. The maximum absolute atomic E-state index is 13.2. The number of anilines is 1. The van der Waals surface area contributed by atoms with Gasteiger partial charge < -0.3 is 4.90 Å². The second kappa shape index (κ2) is 4.99. The second-order valence-corrected chi connectivity index (χ2v) is 5.75. The molecule has 0 bridgehead atoms. The monoisotopic (exact) mass is 301 g/mol. The van der Waals surface area contributed by atoms with Crippen molar-refractivity contribution in [2.24, 2.45) is 0 Å². The zero-order valence-electron chi connectivity index (χ0n) is 10.9. The van der Waals surface area contributed by atoms with Gasteiger partial charge in [-0.1, -0.05) is 17.2 Å². The number of allylic oxidation sites excluding steroid dienone is 2. The number of nitrogens with zero attached hydrogens (tertiary/aromatic N) is 1. The highest BCUT2D eigenvalue weighted by Crippen LogP contribution is 2.43. The Bertz CT molecular complexity index is 563. The van der Waals surface area contributed by atoms with Crippen LogP contribution >= 0.6 is 11.6 Å². The highest BCUT2D eigenvalue weighted by Gasteiger charge is 2.36. The summed E-state index contributed by atoms with van der Waals surface area (Å²) in [6.07, 6.45) is 0.517. The third kappa shape index (κ3) is 2.41. The second-order valence-electron chi connectivity index (χ2n) is 5.32. The van der Waals surface area contributed by atoms with Crippen molar-refractivity contribution in [3.8, 4) is 0 Å². The summed E-state index contributed by atoms with van der Waals surface area (Å²) in [7, 11) is 0. The summed E-state index contributed by atoms with van der Waals surface area (Å²) in [6, 6.07) is 3.84. The number of hydrogen-bond acceptors (Lipinski definition) is 1. The van der Waals surface area contributed by atoms with Crippen molar-refractivity contribution in [1.29, 1.82) is 0 Å². The minimum atomic E-state index is -4.35. The predicted octanol–water partition coefficient (Wildman–Crippen LogP) is 5.40. The van der Waals surface area contributed by atoms with Crippen LogP contribution in [0, 0.1) is 0 Å². The fraction of sp³-hybridized carbons (Fsp3) is 0.467. The van der Waals surface area contributed by atoms with Crippen molar-refractivity contribution >= 4 is 17.3 Å². The Morgan fingerprint density at radius 2 is 1.80 bits per heavy atom. The zero-order chi connectivity index (χ0) is 14.3. The van der Waals surface area contributed by atoms with Gasteiger partial charge in [-0.3, -0.25) is 0 Å². The molecule has 1 nitrogen and oxygen atoms in total. The smallest absolute Gasteiger partial charge is 0.345 e. The molecule has 0 aromatic heterocycles. The Balaban J connectivity index is 2.09. The van der Waals surface area contributed by atoms with Crippen molar-refractivity contribution in [3.63, 3.8) is 0 Å². The van der Waals surface area contributed by atoms with E-state index in [2.05, 4.69) is 0 Å². The fourth-order valence-electron chi connectivity index (χ4n) is 3.20. The molecule has 0 spiro atoms. The normalized spacial score (nSPS) is 19.5. The van der Waals surface area contributed by atoms with Gasteiger partial charge in [0.05, 0.1) is 11.3 Å². The molecule has 2 aliphatic rings. The Morgan fingerprint density at radius 3 is 2.55 bits per heavy atom. The van der Waals surface area contributed by atoms with Crippen molar-refractivity contribution in [3.05, 3.63) is 40.1 Å². The molecule has 1 aromatic rings. The van der Waals surface area contributed by atoms with Gasteiger partial charge in [0, 0.05) is 17.3 Å². The summed E-state index contributed by atoms with van der Waals surface area (Å²) < 4.78 is 39.6. The van der Waals surface area contributed by atoms with E-state index in [1.807, 2.05) is 4.90 Å². The molecule has 0 saturated heterocycles. The van der Waals surface area contributed by atoms with E-state index in [9.17, 15) is 13.2 Å². The topological polar surface area (TPSA) is 3.24 Å². The first-order chi connectivity index (χ1) is 9.47. The van der Waals surface area contributed by atoms with Gasteiger partial charge in [-0.2, -0.15) is 13.2 Å². The maximum Gasteiger partial charge on any atom is 0.418 e. The van der Waals surface area contributed by atoms with E-state index in [0.717, 1.165) is 43.9 Å². The first-order valence-corrected chi connectivity index (χ1v) is 7.20. The highest BCUT2D eigenvalue weighted by molar-refractivity contribution is 6.30. The molecule has 0 fully saturated rings. The Labute approximate surface area is 121 Å². The first kappa shape index (κ1) is 13.8. The van der Waals surface area contributed by atoms with Gasteiger partial charge >= 0.3 is 6.18 Å². The van der Waals surface area contributed by atoms with E-state index in [1.54, 1.807) is 0 Å². The first-order valence-electron chi connectivity index (χ1n) is 6.82. The van der Waals surface area contributed by atoms with Crippen molar-refractivity contribution in [2.45, 2.75) is 38.3 Å². The summed E-state index contributed by atoms with van der Waals surface area (Å²) in [5, 5.41) is 0.346. The van der Waals surface area contributed by atoms with Crippen molar-refractivity contribution < 1.29 is 13.2 Å². The van der Waals surface area contributed by atoms with Crippen LogP contribution in [0.2, 0.25) is 5.02 Å². The minimum Gasteiger partial charge on any atom is -0.345 e. The van der Waals surface area contributed by atoms with Gasteiger partial charge in [-0.15, -0.1) is 0 Å². The molecule has 0 unspecified atom stereocenters. The molecule has 0 N–H and O–H groups in total. The standard InChI is InChI=1S/C15H15ClF3N/c16-11-6-7-12(15(17,18)19)14(9-11)20-8-2-4-10-3-1-5-13(10)20/h6-7,9H,1-5,8H2. The predicted molar refractivity (Wildman–Crippen MR) is 73.9 cm³/mol. The number of alkyl halides is 3. The van der Waals surface area contributed by atoms with Crippen LogP contribution in [0.3, 0.4) is 0 Å². The van der Waals surface area contributed by atoms with Crippen molar-refractivity contribution in [1.82, 2.24) is 0 Å². The average Bonchev–Trinajstić information content (AvgIpc) is 2.85. The Kier molecular flexibility index (Phi) is 3.44. The molecule has 1 aliphatic heterocycles. The summed E-state index contributed by atoms with van der Waals surface area (Å²) in [4.78, 5) is 1.83. The molecule has 20 heavy (non-hydrogen) atoms. The lowest BCUT2D eigenvalue weighted by molar-refractivity contribution is -0.137. The SMILES string of the molecule is FC(F)(F)c1ccc(Cl)cc1N1CCCC2=C1CCC2. The zero-order valence-corrected chi connectivity index (χ0v) is 11.7. The van der Waals surface area contributed by atoms with Gasteiger partial charge in [-0.25, -0.2) is 0 Å². The molecule has 0 atom stereocenters. The molecule has 0 saturated carbocycles. The van der Waals surface area contributed by atoms with E-state index < -0.39 is 11.7 Å². The lowest BCUT2D eigenvalue weighted by atomic mass is 10.0. The van der Waals surface area contributed by atoms with Crippen molar-refractivity contribution in [2.75, 3.05) is 11.4 Å². The van der Waals surface area contributed by atoms with Crippen LogP contribution < -0.4 is 4.90 Å². The molecule has 0 radical (unpaired) electrons. The third-order valence-corrected chi connectivity index (χ3v) is 4.28. The number of hydrogen-bond donors (Lipinski definition) is 0. The molecule has 5 heteroatoms. The maximum atomic E-state index is 13.2. The van der Waals surface area contributed by atoms with Gasteiger partial charge in [0.25, 0.3) is 0 Å². The Morgan fingerprint density at radius 1 is 1.05 bits per heavy atom. The molecule has 1 heterocycles. The van der Waals surface area contributed by atoms with E-state index >= 15 is 0 Å². The molecule has 108 valence electrons. The van der Waals surface area contributed by atoms with Gasteiger partial charge in [-0.05, 0) is 50.3 Å². The van der Waals surface area contributed by atoms with Crippen LogP contribution in [0.15, 0.2) is 29.5 Å². The summed E-state index contributed by atoms with van der Waals surface area (Å²) in [5.41, 5.74) is 2.02. The summed E-state index contributed by atoms with van der Waals surface area (Å²) in [6.45, 7) is 0.641. The van der Waals surface area contributed by atoms with E-state index in [1.165, 1.54) is 17.7 Å². The molecule has 1 aliphatic carbocycles. The van der Waals surface area contributed by atoms with Crippen LogP contribution in [0.5, 0.6) is 0 Å². The molecule has 0 amide bonds. The van der Waals surface area contributed by atoms with E-state index in [4.69, 9.17) is 11.6 Å². The average molecular weight is 302 g/mol. The minimum absolute atomic E-state index is 0.208. The van der Waals surface area contributed by atoms with Crippen LogP contribution in [-0.2, 0) is 6.18 Å². The quantitative estimate of drug-likeness (QED) is 0.671. The van der Waals surface area contributed by atoms with Crippen LogP contribution in [0.25, 0.3) is 0 Å². The largest absolute Gasteiger partial charge is 0.418 e. The number of benzene rings is 1. The molecular weight excluding hydrogens is 287 g/mol. The lowest BCUT2D eigenvalue weighted by Crippen LogP contribution is -2.29. The van der Waals surface area contributed by atoms with Gasteiger partial charge in [0.2, 0.25) is 0 Å². The Hall–Kier alpha value is -1.16. The third-order valence-electron chi connectivity index (χ3n) is 4.04. The summed E-state index contributed by atoms with van der Waals surface area (Å²) >= 11 is 5.92.